The fourth-order valence-corrected chi connectivity index (χ4v) is 4.37. The van der Waals surface area contributed by atoms with E-state index >= 15 is 0 Å². The summed E-state index contributed by atoms with van der Waals surface area (Å²) in [7, 11) is 0. The minimum absolute atomic E-state index is 0.00371. The smallest absolute Gasteiger partial charge is 0.222 e. The van der Waals surface area contributed by atoms with Crippen molar-refractivity contribution in [3.63, 3.8) is 0 Å². The molecule has 2 aliphatic heterocycles. The maximum absolute atomic E-state index is 12.3. The van der Waals surface area contributed by atoms with Gasteiger partial charge >= 0.3 is 0 Å². The second-order valence-corrected chi connectivity index (χ2v) is 7.50. The molecule has 21 heavy (non-hydrogen) atoms. The van der Waals surface area contributed by atoms with Gasteiger partial charge in [-0.1, -0.05) is 23.7 Å². The number of rotatable bonds is 3. The van der Waals surface area contributed by atoms with Gasteiger partial charge in [-0.3, -0.25) is 4.79 Å². The van der Waals surface area contributed by atoms with Gasteiger partial charge in [-0.05, 0) is 24.1 Å². The Bertz CT molecular complexity index is 507. The van der Waals surface area contributed by atoms with Crippen LogP contribution >= 0.6 is 23.4 Å². The molecule has 2 aliphatic rings. The molecule has 1 amide bonds. The summed E-state index contributed by atoms with van der Waals surface area (Å²) in [4.78, 5) is 14.3. The van der Waals surface area contributed by atoms with Crippen molar-refractivity contribution < 1.29 is 9.53 Å². The predicted molar refractivity (Wildman–Crippen MR) is 86.7 cm³/mol. The van der Waals surface area contributed by atoms with E-state index in [1.54, 1.807) is 0 Å². The third-order valence-electron chi connectivity index (χ3n) is 4.21. The van der Waals surface area contributed by atoms with Crippen LogP contribution in [0.3, 0.4) is 0 Å². The fraction of sp³-hybridized carbons (Fsp3) is 0.562. The Kier molecular flexibility index (Phi) is 4.77. The van der Waals surface area contributed by atoms with Crippen LogP contribution in [0.25, 0.3) is 0 Å². The summed E-state index contributed by atoms with van der Waals surface area (Å²) in [6.07, 6.45) is 3.23. The van der Waals surface area contributed by atoms with Gasteiger partial charge in [0.2, 0.25) is 5.91 Å². The first kappa shape index (κ1) is 15.2. The number of thioether (sulfide) groups is 1. The molecule has 2 saturated heterocycles. The molecule has 0 unspecified atom stereocenters. The van der Waals surface area contributed by atoms with E-state index in [1.165, 1.54) is 0 Å². The first-order chi connectivity index (χ1) is 10.2. The van der Waals surface area contributed by atoms with Crippen molar-refractivity contribution >= 4 is 29.3 Å². The number of amides is 1. The number of piperidine rings is 1. The van der Waals surface area contributed by atoms with Gasteiger partial charge < -0.3 is 9.64 Å². The number of hydrogen-bond acceptors (Lipinski definition) is 3. The summed E-state index contributed by atoms with van der Waals surface area (Å²) in [5, 5.41) is 0.732. The van der Waals surface area contributed by atoms with E-state index in [9.17, 15) is 4.79 Å². The zero-order chi connectivity index (χ0) is 14.7. The molecule has 0 saturated carbocycles. The Morgan fingerprint density at radius 2 is 2.19 bits per heavy atom. The van der Waals surface area contributed by atoms with Gasteiger partial charge in [-0.15, -0.1) is 11.8 Å². The molecule has 1 aromatic rings. The van der Waals surface area contributed by atoms with Crippen LogP contribution in [0, 0.1) is 0 Å². The quantitative estimate of drug-likeness (QED) is 0.853. The van der Waals surface area contributed by atoms with Crippen molar-refractivity contribution in [2.45, 2.75) is 30.6 Å². The van der Waals surface area contributed by atoms with E-state index in [1.807, 2.05) is 40.9 Å². The highest BCUT2D eigenvalue weighted by Crippen LogP contribution is 2.41. The van der Waals surface area contributed by atoms with Crippen LogP contribution in [0.5, 0.6) is 0 Å². The van der Waals surface area contributed by atoms with Crippen molar-refractivity contribution in [3.8, 4) is 0 Å². The number of ether oxygens (including phenoxy) is 1. The lowest BCUT2D eigenvalue weighted by Gasteiger charge is -2.37. The number of likely N-dealkylation sites (tertiary alicyclic amines) is 1. The summed E-state index contributed by atoms with van der Waals surface area (Å²) in [5.41, 5.74) is 1.12. The highest BCUT2D eigenvalue weighted by Gasteiger charge is 2.39. The number of halogens is 1. The standard InChI is InChI=1S/C16H20ClNO2S/c17-14-3-1-2-13(12-14)4-5-15(19)18-8-6-16(7-9-18)20-10-11-21-16/h1-3,12H,4-11H2. The van der Waals surface area contributed by atoms with Gasteiger partial charge in [-0.2, -0.15) is 0 Å². The number of carbonyl (C=O) groups is 1. The topological polar surface area (TPSA) is 29.5 Å². The highest BCUT2D eigenvalue weighted by molar-refractivity contribution is 8.00. The van der Waals surface area contributed by atoms with E-state index in [0.29, 0.717) is 6.42 Å². The van der Waals surface area contributed by atoms with E-state index < -0.39 is 0 Å². The normalized spacial score (nSPS) is 20.9. The molecule has 1 spiro atoms. The zero-order valence-electron chi connectivity index (χ0n) is 12.0. The molecular weight excluding hydrogens is 306 g/mol. The monoisotopic (exact) mass is 325 g/mol. The van der Waals surface area contributed by atoms with Gasteiger partial charge in [0.25, 0.3) is 0 Å². The lowest BCUT2D eigenvalue weighted by Crippen LogP contribution is -2.45. The number of benzene rings is 1. The average Bonchev–Trinajstić information content (AvgIpc) is 2.94. The lowest BCUT2D eigenvalue weighted by molar-refractivity contribution is -0.134. The Labute approximate surface area is 135 Å². The minimum atomic E-state index is 0.00371. The molecule has 0 bridgehead atoms. The maximum Gasteiger partial charge on any atom is 0.222 e. The van der Waals surface area contributed by atoms with E-state index in [-0.39, 0.29) is 10.8 Å². The first-order valence-corrected chi connectivity index (χ1v) is 8.83. The molecular formula is C16H20ClNO2S. The summed E-state index contributed by atoms with van der Waals surface area (Å²) >= 11 is 7.88. The SMILES string of the molecule is O=C(CCc1cccc(Cl)c1)N1CCC2(CC1)OCCS2. The number of nitrogens with zero attached hydrogens (tertiary/aromatic N) is 1. The highest BCUT2D eigenvalue weighted by atomic mass is 35.5. The summed E-state index contributed by atoms with van der Waals surface area (Å²) < 4.78 is 5.86. The van der Waals surface area contributed by atoms with Crippen LogP contribution in [0.4, 0.5) is 0 Å². The van der Waals surface area contributed by atoms with Gasteiger partial charge in [0.15, 0.2) is 0 Å². The second-order valence-electron chi connectivity index (χ2n) is 5.62. The molecule has 0 aromatic heterocycles. The molecule has 0 atom stereocenters. The number of carbonyl (C=O) groups excluding carboxylic acids is 1. The minimum Gasteiger partial charge on any atom is -0.363 e. The summed E-state index contributed by atoms with van der Waals surface area (Å²) in [6, 6.07) is 7.74. The second kappa shape index (κ2) is 6.59. The van der Waals surface area contributed by atoms with Crippen molar-refractivity contribution in [1.82, 2.24) is 4.90 Å². The molecule has 5 heteroatoms. The molecule has 2 heterocycles. The van der Waals surface area contributed by atoms with Crippen LogP contribution < -0.4 is 0 Å². The average molecular weight is 326 g/mol. The molecule has 3 rings (SSSR count). The maximum atomic E-state index is 12.3. The zero-order valence-corrected chi connectivity index (χ0v) is 13.6. The molecule has 0 N–H and O–H groups in total. The predicted octanol–water partition coefficient (Wildman–Crippen LogP) is 3.35. The molecule has 2 fully saturated rings. The van der Waals surface area contributed by atoms with Gasteiger partial charge in [0, 0.05) is 43.1 Å². The third kappa shape index (κ3) is 3.74. The summed E-state index contributed by atoms with van der Waals surface area (Å²) in [5.74, 6) is 1.33. The van der Waals surface area contributed by atoms with Gasteiger partial charge in [-0.25, -0.2) is 0 Å². The van der Waals surface area contributed by atoms with Crippen LogP contribution in [-0.4, -0.2) is 41.2 Å². The van der Waals surface area contributed by atoms with Crippen molar-refractivity contribution in [1.29, 1.82) is 0 Å². The van der Waals surface area contributed by atoms with Crippen molar-refractivity contribution in [2.75, 3.05) is 25.4 Å². The Morgan fingerprint density at radius 1 is 1.38 bits per heavy atom. The largest absolute Gasteiger partial charge is 0.363 e. The Morgan fingerprint density at radius 3 is 2.86 bits per heavy atom. The number of hydrogen-bond donors (Lipinski definition) is 0. The first-order valence-electron chi connectivity index (χ1n) is 7.47. The molecule has 1 aromatic carbocycles. The number of aryl methyl sites for hydroxylation is 1. The fourth-order valence-electron chi connectivity index (χ4n) is 2.98. The Balaban J connectivity index is 1.48. The van der Waals surface area contributed by atoms with Gasteiger partial charge in [0.1, 0.15) is 4.93 Å². The summed E-state index contributed by atoms with van der Waals surface area (Å²) in [6.45, 7) is 2.50. The third-order valence-corrected chi connectivity index (χ3v) is 5.87. The molecule has 114 valence electrons. The van der Waals surface area contributed by atoms with E-state index in [0.717, 1.165) is 55.3 Å². The van der Waals surface area contributed by atoms with Crippen molar-refractivity contribution in [3.05, 3.63) is 34.9 Å². The van der Waals surface area contributed by atoms with Gasteiger partial charge in [0.05, 0.1) is 6.61 Å². The van der Waals surface area contributed by atoms with Crippen LogP contribution in [0.15, 0.2) is 24.3 Å². The van der Waals surface area contributed by atoms with Crippen molar-refractivity contribution in [2.24, 2.45) is 0 Å². The van der Waals surface area contributed by atoms with E-state index in [4.69, 9.17) is 16.3 Å². The molecule has 0 radical (unpaired) electrons. The molecule has 0 aliphatic carbocycles. The van der Waals surface area contributed by atoms with E-state index in [2.05, 4.69) is 0 Å². The lowest BCUT2D eigenvalue weighted by atomic mass is 10.0. The van der Waals surface area contributed by atoms with Crippen LogP contribution in [-0.2, 0) is 16.0 Å². The van der Waals surface area contributed by atoms with Crippen LogP contribution in [0.2, 0.25) is 5.02 Å². The Hall–Kier alpha value is -0.710. The molecule has 3 nitrogen and oxygen atoms in total. The van der Waals surface area contributed by atoms with Crippen LogP contribution in [0.1, 0.15) is 24.8 Å².